The van der Waals surface area contributed by atoms with Gasteiger partial charge in [0, 0.05) is 39.5 Å². The van der Waals surface area contributed by atoms with E-state index in [4.69, 9.17) is 0 Å². The van der Waals surface area contributed by atoms with Crippen LogP contribution in [-0.4, -0.2) is 56.2 Å². The van der Waals surface area contributed by atoms with E-state index in [0.29, 0.717) is 21.8 Å². The van der Waals surface area contributed by atoms with Gasteiger partial charge in [0.25, 0.3) is 5.91 Å². The average Bonchev–Trinajstić information content (AvgIpc) is 3.60. The molecule has 246 valence electrons. The van der Waals surface area contributed by atoms with E-state index < -0.39 is 24.3 Å². The molecule has 1 amide bonds. The zero-order chi connectivity index (χ0) is 34.4. The molecule has 5 rings (SSSR count). The van der Waals surface area contributed by atoms with E-state index in [9.17, 15) is 24.6 Å². The second kappa shape index (κ2) is 14.8. The van der Waals surface area contributed by atoms with E-state index >= 15 is 0 Å². The van der Waals surface area contributed by atoms with Crippen molar-refractivity contribution >= 4 is 29.0 Å². The average molecular weight is 663 g/mol. The molecule has 0 aliphatic heterocycles. The molecule has 0 radical (unpaired) electrons. The molecule has 0 fully saturated rings. The number of aliphatic carboxylic acids is 1. The van der Waals surface area contributed by atoms with Gasteiger partial charge in [-0.25, -0.2) is 9.97 Å². The number of rotatable bonds is 12. The summed E-state index contributed by atoms with van der Waals surface area (Å²) in [5, 5.41) is 25.9. The van der Waals surface area contributed by atoms with Crippen LogP contribution in [0, 0.1) is 0 Å². The second-order valence-electron chi connectivity index (χ2n) is 12.6. The van der Waals surface area contributed by atoms with Crippen LogP contribution in [0.15, 0.2) is 103 Å². The molecule has 0 saturated heterocycles. The number of carbonyl (C=O) groups excluding carboxylic acids is 2. The van der Waals surface area contributed by atoms with Crippen molar-refractivity contribution in [3.8, 4) is 22.5 Å². The fraction of sp³-hybridized carbons (Fsp3) is 0.237. The Morgan fingerprint density at radius 3 is 1.98 bits per heavy atom. The number of carboxylic acid groups (broad SMARTS) is 1. The lowest BCUT2D eigenvalue weighted by molar-refractivity contribution is -0.140. The predicted molar refractivity (Wildman–Crippen MR) is 187 cm³/mol. The predicted octanol–water partition coefficient (Wildman–Crippen LogP) is 6.12. The van der Waals surface area contributed by atoms with Gasteiger partial charge < -0.3 is 15.5 Å². The van der Waals surface area contributed by atoms with Crippen molar-refractivity contribution in [3.05, 3.63) is 130 Å². The van der Waals surface area contributed by atoms with Crippen LogP contribution in [-0.2, 0) is 16.6 Å². The summed E-state index contributed by atoms with van der Waals surface area (Å²) >= 11 is 1.39. The molecule has 3 atom stereocenters. The number of hydrogen-bond donors (Lipinski definition) is 4. The number of nitrogens with zero attached hydrogens (tertiary/aromatic N) is 2. The summed E-state index contributed by atoms with van der Waals surface area (Å²) < 4.78 is 0. The highest BCUT2D eigenvalue weighted by atomic mass is 32.1. The van der Waals surface area contributed by atoms with E-state index in [0.717, 1.165) is 27.1 Å². The number of carbonyl (C=O) groups is 3. The molecule has 5 aromatic rings. The molecule has 9 nitrogen and oxygen atoms in total. The molecule has 10 heteroatoms. The summed E-state index contributed by atoms with van der Waals surface area (Å²) in [4.78, 5) is 48.0. The van der Waals surface area contributed by atoms with E-state index in [1.54, 1.807) is 42.7 Å². The fourth-order valence-electron chi connectivity index (χ4n) is 5.03. The van der Waals surface area contributed by atoms with Crippen molar-refractivity contribution in [2.45, 2.75) is 57.8 Å². The number of aliphatic hydroxyl groups excluding tert-OH is 1. The summed E-state index contributed by atoms with van der Waals surface area (Å²) in [5.74, 6) is -0.969. The maximum Gasteiger partial charge on any atom is 0.320 e. The molecular formula is C38H38N4O5S. The highest BCUT2D eigenvalue weighted by Gasteiger charge is 2.27. The Morgan fingerprint density at radius 1 is 0.792 bits per heavy atom. The maximum absolute atomic E-state index is 13.2. The summed E-state index contributed by atoms with van der Waals surface area (Å²) in [6.07, 6.45) is 2.39. The van der Waals surface area contributed by atoms with Crippen LogP contribution in [0.25, 0.3) is 22.5 Å². The molecule has 2 aromatic heterocycles. The molecule has 0 bridgehead atoms. The van der Waals surface area contributed by atoms with Gasteiger partial charge in [0.15, 0.2) is 11.6 Å². The first-order valence-corrected chi connectivity index (χ1v) is 16.4. The smallest absolute Gasteiger partial charge is 0.320 e. The lowest BCUT2D eigenvalue weighted by Gasteiger charge is -2.26. The SMILES string of the molecule is C[C@@H](NC(O)[C@H](Cc1ccc(-c2ncc(-c3ccc(C(=O)c4ccccc4)cc3)cn2)cc1)NC(=O)c1ccc(C(C)(C)C)s1)C(=O)O. The minimum Gasteiger partial charge on any atom is -0.480 e. The Labute approximate surface area is 283 Å². The van der Waals surface area contributed by atoms with E-state index in [1.807, 2.05) is 60.7 Å². The first-order valence-electron chi connectivity index (χ1n) is 15.6. The summed E-state index contributed by atoms with van der Waals surface area (Å²) in [5.41, 5.74) is 4.42. The maximum atomic E-state index is 13.2. The quantitative estimate of drug-likeness (QED) is 0.0925. The third kappa shape index (κ3) is 8.46. The van der Waals surface area contributed by atoms with Crippen LogP contribution in [0.4, 0.5) is 0 Å². The van der Waals surface area contributed by atoms with Crippen LogP contribution < -0.4 is 10.6 Å². The second-order valence-corrected chi connectivity index (χ2v) is 13.7. The number of benzene rings is 3. The Morgan fingerprint density at radius 2 is 1.40 bits per heavy atom. The van der Waals surface area contributed by atoms with Gasteiger partial charge in [0.05, 0.1) is 10.9 Å². The number of nitrogens with one attached hydrogen (secondary N) is 2. The number of aromatic nitrogens is 2. The normalized spacial score (nSPS) is 13.4. The van der Waals surface area contributed by atoms with Crippen LogP contribution in [0.5, 0.6) is 0 Å². The van der Waals surface area contributed by atoms with E-state index in [1.165, 1.54) is 18.3 Å². The Bertz CT molecular complexity index is 1870. The minimum atomic E-state index is -1.32. The molecule has 0 aliphatic rings. The number of ketones is 1. The summed E-state index contributed by atoms with van der Waals surface area (Å²) in [7, 11) is 0. The first kappa shape index (κ1) is 34.3. The number of aliphatic hydroxyl groups is 1. The van der Waals surface area contributed by atoms with Gasteiger partial charge in [-0.1, -0.05) is 99.6 Å². The van der Waals surface area contributed by atoms with Gasteiger partial charge in [0.1, 0.15) is 12.3 Å². The largest absolute Gasteiger partial charge is 0.480 e. The van der Waals surface area contributed by atoms with Gasteiger partial charge in [0.2, 0.25) is 0 Å². The van der Waals surface area contributed by atoms with Crippen LogP contribution in [0.2, 0.25) is 0 Å². The first-order chi connectivity index (χ1) is 22.9. The molecule has 4 N–H and O–H groups in total. The number of amides is 1. The summed E-state index contributed by atoms with van der Waals surface area (Å²) in [6, 6.07) is 25.8. The highest BCUT2D eigenvalue weighted by Crippen LogP contribution is 2.29. The topological polar surface area (TPSA) is 142 Å². The van der Waals surface area contributed by atoms with Crippen molar-refractivity contribution in [3.63, 3.8) is 0 Å². The molecule has 0 aliphatic carbocycles. The molecule has 1 unspecified atom stereocenters. The van der Waals surface area contributed by atoms with E-state index in [-0.39, 0.29) is 23.5 Å². The molecule has 48 heavy (non-hydrogen) atoms. The van der Waals surface area contributed by atoms with Crippen molar-refractivity contribution < 1.29 is 24.6 Å². The monoisotopic (exact) mass is 662 g/mol. The van der Waals surface area contributed by atoms with E-state index in [2.05, 4.69) is 41.4 Å². The van der Waals surface area contributed by atoms with Gasteiger partial charge in [-0.05, 0) is 42.0 Å². The number of thiophene rings is 1. The zero-order valence-corrected chi connectivity index (χ0v) is 28.0. The number of hydrogen-bond acceptors (Lipinski definition) is 8. The lowest BCUT2D eigenvalue weighted by Crippen LogP contribution is -2.54. The molecule has 3 aromatic carbocycles. The lowest BCUT2D eigenvalue weighted by atomic mass is 9.95. The van der Waals surface area contributed by atoms with Gasteiger partial charge >= 0.3 is 5.97 Å². The third-order valence-electron chi connectivity index (χ3n) is 7.89. The molecule has 2 heterocycles. The third-order valence-corrected chi connectivity index (χ3v) is 9.40. The van der Waals surface area contributed by atoms with Crippen LogP contribution >= 0.6 is 11.3 Å². The molecule has 0 saturated carbocycles. The van der Waals surface area contributed by atoms with Crippen LogP contribution in [0.3, 0.4) is 0 Å². The van der Waals surface area contributed by atoms with Crippen molar-refractivity contribution in [2.75, 3.05) is 0 Å². The van der Waals surface area contributed by atoms with Gasteiger partial charge in [-0.15, -0.1) is 11.3 Å². The Hall–Kier alpha value is -5.03. The fourth-order valence-corrected chi connectivity index (χ4v) is 5.99. The zero-order valence-electron chi connectivity index (χ0n) is 27.2. The minimum absolute atomic E-state index is 0.0383. The van der Waals surface area contributed by atoms with Crippen molar-refractivity contribution in [2.24, 2.45) is 0 Å². The van der Waals surface area contributed by atoms with Crippen molar-refractivity contribution in [1.82, 2.24) is 20.6 Å². The standard InChI is InChI=1S/C38H38N4O5S/c1-23(37(46)47)41-35(44)30(42-36(45)31-18-19-32(48-31)38(2,3)4)20-24-10-12-28(13-11-24)34-39-21-29(22-40-34)25-14-16-27(17-15-25)33(43)26-8-6-5-7-9-26/h5-19,21-23,30,35,41,44H,20H2,1-4H3,(H,42,45)(H,46,47)/t23-,30+,35?/m1/s1. The molecule has 0 spiro atoms. The Balaban J connectivity index is 1.27. The number of carboxylic acids is 1. The van der Waals surface area contributed by atoms with Crippen molar-refractivity contribution in [1.29, 1.82) is 0 Å². The molecular weight excluding hydrogens is 625 g/mol. The van der Waals surface area contributed by atoms with Crippen LogP contribution in [0.1, 0.15) is 63.7 Å². The summed E-state index contributed by atoms with van der Waals surface area (Å²) in [6.45, 7) is 7.65. The van der Waals surface area contributed by atoms with Gasteiger partial charge in [-0.3, -0.25) is 19.7 Å². The van der Waals surface area contributed by atoms with Gasteiger partial charge in [-0.2, -0.15) is 0 Å². The Kier molecular flexibility index (Phi) is 10.6. The highest BCUT2D eigenvalue weighted by molar-refractivity contribution is 7.14.